The van der Waals surface area contributed by atoms with Gasteiger partial charge in [0.1, 0.15) is 11.5 Å². The average molecular weight is 278 g/mol. The fraction of sp³-hybridized carbons (Fsp3) is 0.357. The van der Waals surface area contributed by atoms with Crippen LogP contribution in [0.15, 0.2) is 24.3 Å². The number of nitrogens with two attached hydrogens (primary N) is 1. The maximum absolute atomic E-state index is 11.4. The first-order valence-corrected chi connectivity index (χ1v) is 6.24. The third-order valence-electron chi connectivity index (χ3n) is 2.62. The number of carbonyl (C=O) groups is 3. The van der Waals surface area contributed by atoms with Crippen molar-refractivity contribution >= 4 is 17.7 Å². The zero-order valence-electron chi connectivity index (χ0n) is 11.5. The fourth-order valence-corrected chi connectivity index (χ4v) is 1.54. The molecule has 108 valence electrons. The molecule has 0 radical (unpaired) electrons. The Labute approximate surface area is 117 Å². The fourth-order valence-electron chi connectivity index (χ4n) is 1.54. The molecule has 0 bridgehead atoms. The van der Waals surface area contributed by atoms with Gasteiger partial charge >= 0.3 is 6.03 Å². The summed E-state index contributed by atoms with van der Waals surface area (Å²) in [5.41, 5.74) is 5.86. The summed E-state index contributed by atoms with van der Waals surface area (Å²) in [5, 5.41) is 1.94. The number of ketones is 1. The topological polar surface area (TPSA) is 98.5 Å². The van der Waals surface area contributed by atoms with Gasteiger partial charge in [-0.25, -0.2) is 4.79 Å². The molecule has 1 aromatic rings. The minimum Gasteiger partial charge on any atom is -0.481 e. The van der Waals surface area contributed by atoms with Gasteiger partial charge in [-0.2, -0.15) is 0 Å². The standard InChI is InChI=1S/C14H18N2O4/c1-9(17)3-4-11-5-7-12(8-6-11)20-10(2)13(18)16-14(15)19/h5-8,10H,3-4H2,1-2H3,(H3,15,16,18,19). The van der Waals surface area contributed by atoms with E-state index in [-0.39, 0.29) is 5.78 Å². The summed E-state index contributed by atoms with van der Waals surface area (Å²) in [6.07, 6.45) is 0.343. The molecule has 0 heterocycles. The average Bonchev–Trinajstić information content (AvgIpc) is 2.37. The van der Waals surface area contributed by atoms with Crippen LogP contribution >= 0.6 is 0 Å². The van der Waals surface area contributed by atoms with Crippen LogP contribution in [0.25, 0.3) is 0 Å². The monoisotopic (exact) mass is 278 g/mol. The molecule has 0 aromatic heterocycles. The molecule has 0 aliphatic heterocycles. The Morgan fingerprint density at radius 3 is 2.35 bits per heavy atom. The number of amides is 3. The number of hydrogen-bond donors (Lipinski definition) is 2. The van der Waals surface area contributed by atoms with Gasteiger partial charge in [0.2, 0.25) is 0 Å². The minimum absolute atomic E-state index is 0.141. The van der Waals surface area contributed by atoms with Crippen molar-refractivity contribution < 1.29 is 19.1 Å². The van der Waals surface area contributed by atoms with E-state index in [9.17, 15) is 14.4 Å². The van der Waals surface area contributed by atoms with Gasteiger partial charge in [0, 0.05) is 6.42 Å². The molecule has 0 saturated carbocycles. The van der Waals surface area contributed by atoms with E-state index in [0.717, 1.165) is 5.56 Å². The highest BCUT2D eigenvalue weighted by atomic mass is 16.5. The molecule has 3 amide bonds. The van der Waals surface area contributed by atoms with Crippen LogP contribution in [0.4, 0.5) is 4.79 Å². The number of urea groups is 1. The number of Topliss-reactive ketones (excluding diaryl/α,β-unsaturated/α-hetero) is 1. The molecule has 0 saturated heterocycles. The first-order valence-electron chi connectivity index (χ1n) is 6.24. The number of rotatable bonds is 6. The van der Waals surface area contributed by atoms with Crippen molar-refractivity contribution in [1.82, 2.24) is 5.32 Å². The van der Waals surface area contributed by atoms with Crippen LogP contribution in [0.2, 0.25) is 0 Å². The Bertz CT molecular complexity index is 496. The largest absolute Gasteiger partial charge is 0.481 e. The number of hydrogen-bond acceptors (Lipinski definition) is 4. The highest BCUT2D eigenvalue weighted by molar-refractivity contribution is 5.95. The molecule has 0 aliphatic rings. The van der Waals surface area contributed by atoms with Crippen molar-refractivity contribution in [2.45, 2.75) is 32.8 Å². The smallest absolute Gasteiger partial charge is 0.318 e. The lowest BCUT2D eigenvalue weighted by Crippen LogP contribution is -2.42. The van der Waals surface area contributed by atoms with Crippen LogP contribution in [0.1, 0.15) is 25.8 Å². The summed E-state index contributed by atoms with van der Waals surface area (Å²) in [4.78, 5) is 32.9. The Morgan fingerprint density at radius 2 is 1.85 bits per heavy atom. The number of imide groups is 1. The van der Waals surface area contributed by atoms with Crippen molar-refractivity contribution in [1.29, 1.82) is 0 Å². The highest BCUT2D eigenvalue weighted by Crippen LogP contribution is 2.15. The Kier molecular flexibility index (Phi) is 5.71. The van der Waals surface area contributed by atoms with Crippen LogP contribution in [-0.2, 0) is 16.0 Å². The van der Waals surface area contributed by atoms with Gasteiger partial charge in [-0.15, -0.1) is 0 Å². The SMILES string of the molecule is CC(=O)CCc1ccc(OC(C)C(=O)NC(N)=O)cc1. The van der Waals surface area contributed by atoms with E-state index in [0.29, 0.717) is 18.6 Å². The van der Waals surface area contributed by atoms with Gasteiger partial charge in [0.05, 0.1) is 0 Å². The molecule has 0 spiro atoms. The summed E-state index contributed by atoms with van der Waals surface area (Å²) in [7, 11) is 0. The first-order chi connectivity index (χ1) is 9.38. The predicted octanol–water partition coefficient (Wildman–Crippen LogP) is 1.17. The second-order valence-electron chi connectivity index (χ2n) is 4.46. The first kappa shape index (κ1) is 15.7. The number of ether oxygens (including phenoxy) is 1. The van der Waals surface area contributed by atoms with Crippen LogP contribution in [0.3, 0.4) is 0 Å². The predicted molar refractivity (Wildman–Crippen MR) is 73.3 cm³/mol. The van der Waals surface area contributed by atoms with E-state index in [1.165, 1.54) is 6.92 Å². The van der Waals surface area contributed by atoms with Gasteiger partial charge < -0.3 is 15.3 Å². The maximum Gasteiger partial charge on any atom is 0.318 e. The van der Waals surface area contributed by atoms with E-state index in [4.69, 9.17) is 10.5 Å². The van der Waals surface area contributed by atoms with Gasteiger partial charge in [-0.1, -0.05) is 12.1 Å². The van der Waals surface area contributed by atoms with E-state index < -0.39 is 18.0 Å². The van der Waals surface area contributed by atoms with Crippen LogP contribution in [0.5, 0.6) is 5.75 Å². The van der Waals surface area contributed by atoms with Crippen molar-refractivity contribution in [3.8, 4) is 5.75 Å². The molecular weight excluding hydrogens is 260 g/mol. The molecule has 1 aromatic carbocycles. The number of aryl methyl sites for hydroxylation is 1. The Balaban J connectivity index is 2.54. The van der Waals surface area contributed by atoms with Crippen LogP contribution in [0, 0.1) is 0 Å². The van der Waals surface area contributed by atoms with Crippen LogP contribution < -0.4 is 15.8 Å². The zero-order valence-corrected chi connectivity index (χ0v) is 11.5. The molecule has 0 aliphatic carbocycles. The lowest BCUT2D eigenvalue weighted by Gasteiger charge is -2.13. The van der Waals surface area contributed by atoms with Gasteiger partial charge in [0.25, 0.3) is 5.91 Å². The Hall–Kier alpha value is -2.37. The van der Waals surface area contributed by atoms with Gasteiger partial charge in [-0.05, 0) is 38.0 Å². The van der Waals surface area contributed by atoms with Crippen molar-refractivity contribution in [3.05, 3.63) is 29.8 Å². The number of nitrogens with one attached hydrogen (secondary N) is 1. The molecule has 20 heavy (non-hydrogen) atoms. The molecule has 1 rings (SSSR count). The summed E-state index contributed by atoms with van der Waals surface area (Å²) in [5.74, 6) is 0.0453. The van der Waals surface area contributed by atoms with Crippen LogP contribution in [-0.4, -0.2) is 23.8 Å². The number of primary amides is 1. The Morgan fingerprint density at radius 1 is 1.25 bits per heavy atom. The molecular formula is C14H18N2O4. The lowest BCUT2D eigenvalue weighted by molar-refractivity contribution is -0.126. The normalized spacial score (nSPS) is 11.5. The van der Waals surface area contributed by atoms with Gasteiger partial charge in [-0.3, -0.25) is 10.1 Å². The van der Waals surface area contributed by atoms with Gasteiger partial charge in [0.15, 0.2) is 6.10 Å². The van der Waals surface area contributed by atoms with Crippen molar-refractivity contribution in [2.75, 3.05) is 0 Å². The molecule has 3 N–H and O–H groups in total. The third kappa shape index (κ3) is 5.51. The molecule has 6 heteroatoms. The number of carbonyl (C=O) groups excluding carboxylic acids is 3. The molecule has 0 fully saturated rings. The lowest BCUT2D eigenvalue weighted by atomic mass is 10.1. The van der Waals surface area contributed by atoms with Crippen molar-refractivity contribution in [3.63, 3.8) is 0 Å². The molecule has 6 nitrogen and oxygen atoms in total. The molecule has 1 atom stereocenters. The van der Waals surface area contributed by atoms with E-state index >= 15 is 0 Å². The van der Waals surface area contributed by atoms with Crippen molar-refractivity contribution in [2.24, 2.45) is 5.73 Å². The maximum atomic E-state index is 11.4. The summed E-state index contributed by atoms with van der Waals surface area (Å²) in [6, 6.07) is 6.17. The summed E-state index contributed by atoms with van der Waals surface area (Å²) >= 11 is 0. The number of benzene rings is 1. The second kappa shape index (κ2) is 7.28. The minimum atomic E-state index is -0.912. The summed E-state index contributed by atoms with van der Waals surface area (Å²) in [6.45, 7) is 3.07. The zero-order chi connectivity index (χ0) is 15.1. The van der Waals surface area contributed by atoms with E-state index in [1.54, 1.807) is 19.1 Å². The third-order valence-corrected chi connectivity index (χ3v) is 2.62. The highest BCUT2D eigenvalue weighted by Gasteiger charge is 2.15. The van der Waals surface area contributed by atoms with E-state index in [1.807, 2.05) is 17.4 Å². The summed E-state index contributed by atoms with van der Waals surface area (Å²) < 4.78 is 5.37. The van der Waals surface area contributed by atoms with E-state index in [2.05, 4.69) is 0 Å². The second-order valence-corrected chi connectivity index (χ2v) is 4.46. The molecule has 1 unspecified atom stereocenters. The quantitative estimate of drug-likeness (QED) is 0.816.